The first-order valence-electron chi connectivity index (χ1n) is 5.48. The van der Waals surface area contributed by atoms with E-state index in [1.807, 2.05) is 13.0 Å². The molecule has 1 saturated heterocycles. The largest absolute Gasteiger partial charge is 0.447 e. The van der Waals surface area contributed by atoms with Crippen molar-refractivity contribution in [2.24, 2.45) is 0 Å². The third-order valence-electron chi connectivity index (χ3n) is 2.52. The van der Waals surface area contributed by atoms with Gasteiger partial charge in [-0.3, -0.25) is 4.90 Å². The Hall–Kier alpha value is -1.33. The standard InChI is InChI=1S/C12H19NO4/c1-4-10(2)5-6-13-11(7-16-9-15-3)8-17-12(13)14/h4-5,11H,1,6-9H2,2-3H3/b10-5-/t11-/m0/s1. The highest BCUT2D eigenvalue weighted by molar-refractivity contribution is 5.70. The summed E-state index contributed by atoms with van der Waals surface area (Å²) in [5.74, 6) is 0. The van der Waals surface area contributed by atoms with Gasteiger partial charge in [-0.2, -0.15) is 0 Å². The first-order chi connectivity index (χ1) is 8.19. The van der Waals surface area contributed by atoms with Gasteiger partial charge in [0.15, 0.2) is 0 Å². The van der Waals surface area contributed by atoms with Crippen molar-refractivity contribution >= 4 is 6.09 Å². The van der Waals surface area contributed by atoms with Gasteiger partial charge in [0.05, 0.1) is 12.6 Å². The molecular formula is C12H19NO4. The molecule has 1 heterocycles. The van der Waals surface area contributed by atoms with Gasteiger partial charge < -0.3 is 14.2 Å². The van der Waals surface area contributed by atoms with Crippen molar-refractivity contribution in [2.75, 3.05) is 33.7 Å². The Kier molecular flexibility index (Phi) is 5.72. The van der Waals surface area contributed by atoms with Crippen LogP contribution in [0.3, 0.4) is 0 Å². The second-order valence-corrected chi connectivity index (χ2v) is 3.81. The van der Waals surface area contributed by atoms with Crippen LogP contribution in [-0.4, -0.2) is 50.7 Å². The molecule has 0 aromatic rings. The van der Waals surface area contributed by atoms with Gasteiger partial charge in [-0.05, 0) is 6.92 Å². The maximum atomic E-state index is 11.5. The van der Waals surface area contributed by atoms with Gasteiger partial charge in [-0.15, -0.1) is 0 Å². The second kappa shape index (κ2) is 7.09. The lowest BCUT2D eigenvalue weighted by atomic mass is 10.2. The zero-order chi connectivity index (χ0) is 12.7. The zero-order valence-electron chi connectivity index (χ0n) is 10.3. The molecule has 0 bridgehead atoms. The zero-order valence-corrected chi connectivity index (χ0v) is 10.3. The number of methoxy groups -OCH3 is 1. The Bertz CT molecular complexity index is 301. The molecule has 0 saturated carbocycles. The molecular weight excluding hydrogens is 222 g/mol. The summed E-state index contributed by atoms with van der Waals surface area (Å²) in [4.78, 5) is 13.1. The lowest BCUT2D eigenvalue weighted by Gasteiger charge is -2.19. The average Bonchev–Trinajstić information content (AvgIpc) is 2.68. The van der Waals surface area contributed by atoms with Gasteiger partial charge in [-0.1, -0.05) is 24.3 Å². The minimum Gasteiger partial charge on any atom is -0.447 e. The first-order valence-corrected chi connectivity index (χ1v) is 5.48. The lowest BCUT2D eigenvalue weighted by molar-refractivity contribution is -0.0438. The summed E-state index contributed by atoms with van der Waals surface area (Å²) in [5.41, 5.74) is 1.03. The smallest absolute Gasteiger partial charge is 0.410 e. The van der Waals surface area contributed by atoms with Crippen LogP contribution in [0.15, 0.2) is 24.3 Å². The minimum absolute atomic E-state index is 0.0495. The Morgan fingerprint density at radius 2 is 2.47 bits per heavy atom. The highest BCUT2D eigenvalue weighted by atomic mass is 16.7. The van der Waals surface area contributed by atoms with Crippen molar-refractivity contribution in [1.29, 1.82) is 0 Å². The second-order valence-electron chi connectivity index (χ2n) is 3.81. The number of hydrogen-bond acceptors (Lipinski definition) is 4. The SMILES string of the molecule is C=C/C(C)=C\CN1C(=O)OC[C@@H]1COCOC. The van der Waals surface area contributed by atoms with Crippen LogP contribution in [0.25, 0.3) is 0 Å². The number of ether oxygens (including phenoxy) is 3. The van der Waals surface area contributed by atoms with E-state index < -0.39 is 0 Å². The van der Waals surface area contributed by atoms with E-state index in [1.54, 1.807) is 18.1 Å². The average molecular weight is 241 g/mol. The summed E-state index contributed by atoms with van der Waals surface area (Å²) in [5, 5.41) is 0. The fourth-order valence-electron chi connectivity index (χ4n) is 1.44. The molecule has 1 aliphatic heterocycles. The molecule has 1 atom stereocenters. The van der Waals surface area contributed by atoms with Crippen molar-refractivity contribution < 1.29 is 19.0 Å². The van der Waals surface area contributed by atoms with E-state index in [1.165, 1.54) is 0 Å². The van der Waals surface area contributed by atoms with Gasteiger partial charge in [0.1, 0.15) is 13.4 Å². The Labute approximate surface area is 102 Å². The highest BCUT2D eigenvalue weighted by Crippen LogP contribution is 2.13. The maximum Gasteiger partial charge on any atom is 0.410 e. The molecule has 96 valence electrons. The van der Waals surface area contributed by atoms with E-state index in [0.717, 1.165) is 5.57 Å². The van der Waals surface area contributed by atoms with E-state index in [9.17, 15) is 4.79 Å². The molecule has 1 aliphatic rings. The molecule has 17 heavy (non-hydrogen) atoms. The summed E-state index contributed by atoms with van der Waals surface area (Å²) in [6.45, 7) is 7.11. The number of cyclic esters (lactones) is 1. The topological polar surface area (TPSA) is 48.0 Å². The number of carbonyl (C=O) groups excluding carboxylic acids is 1. The van der Waals surface area contributed by atoms with Crippen LogP contribution < -0.4 is 0 Å². The van der Waals surface area contributed by atoms with Gasteiger partial charge in [0.2, 0.25) is 0 Å². The van der Waals surface area contributed by atoms with E-state index in [-0.39, 0.29) is 18.9 Å². The molecule has 0 spiro atoms. The van der Waals surface area contributed by atoms with Crippen molar-refractivity contribution in [1.82, 2.24) is 4.90 Å². The molecule has 1 rings (SSSR count). The molecule has 5 heteroatoms. The summed E-state index contributed by atoms with van der Waals surface area (Å²) in [7, 11) is 1.56. The number of nitrogens with zero attached hydrogens (tertiary/aromatic N) is 1. The van der Waals surface area contributed by atoms with Crippen LogP contribution in [0.4, 0.5) is 4.79 Å². The third-order valence-corrected chi connectivity index (χ3v) is 2.52. The summed E-state index contributed by atoms with van der Waals surface area (Å²) >= 11 is 0. The normalized spacial score (nSPS) is 20.6. The fraction of sp³-hybridized carbons (Fsp3) is 0.583. The monoisotopic (exact) mass is 241 g/mol. The predicted molar refractivity (Wildman–Crippen MR) is 63.6 cm³/mol. The molecule has 0 aromatic heterocycles. The van der Waals surface area contributed by atoms with E-state index in [4.69, 9.17) is 14.2 Å². The van der Waals surface area contributed by atoms with Crippen molar-refractivity contribution in [3.63, 3.8) is 0 Å². The molecule has 0 N–H and O–H groups in total. The molecule has 0 aliphatic carbocycles. The van der Waals surface area contributed by atoms with Crippen LogP contribution in [0.5, 0.6) is 0 Å². The molecule has 0 aromatic carbocycles. The summed E-state index contributed by atoms with van der Waals surface area (Å²) < 4.78 is 15.0. The van der Waals surface area contributed by atoms with Crippen LogP contribution in [0.2, 0.25) is 0 Å². The van der Waals surface area contributed by atoms with Crippen molar-refractivity contribution in [2.45, 2.75) is 13.0 Å². The van der Waals surface area contributed by atoms with Gasteiger partial charge in [0.25, 0.3) is 0 Å². The van der Waals surface area contributed by atoms with Crippen molar-refractivity contribution in [3.8, 4) is 0 Å². The van der Waals surface area contributed by atoms with E-state index in [2.05, 4.69) is 6.58 Å². The number of allylic oxidation sites excluding steroid dienone is 2. The molecule has 0 radical (unpaired) electrons. The van der Waals surface area contributed by atoms with E-state index >= 15 is 0 Å². The van der Waals surface area contributed by atoms with Crippen LogP contribution in [0, 0.1) is 0 Å². The molecule has 0 unspecified atom stereocenters. The number of amides is 1. The molecule has 1 amide bonds. The van der Waals surface area contributed by atoms with Crippen LogP contribution >= 0.6 is 0 Å². The Morgan fingerprint density at radius 1 is 1.71 bits per heavy atom. The third kappa shape index (κ3) is 4.20. The van der Waals surface area contributed by atoms with Gasteiger partial charge in [-0.25, -0.2) is 4.79 Å². The lowest BCUT2D eigenvalue weighted by Crippen LogP contribution is -2.37. The number of carbonyl (C=O) groups is 1. The molecule has 5 nitrogen and oxygen atoms in total. The Balaban J connectivity index is 2.47. The highest BCUT2D eigenvalue weighted by Gasteiger charge is 2.32. The van der Waals surface area contributed by atoms with E-state index in [0.29, 0.717) is 19.8 Å². The van der Waals surface area contributed by atoms with Gasteiger partial charge >= 0.3 is 6.09 Å². The Morgan fingerprint density at radius 3 is 3.12 bits per heavy atom. The predicted octanol–water partition coefficient (Wildman–Crippen LogP) is 1.56. The quantitative estimate of drug-likeness (QED) is 0.385. The number of hydrogen-bond donors (Lipinski definition) is 0. The number of rotatable bonds is 7. The van der Waals surface area contributed by atoms with Gasteiger partial charge in [0, 0.05) is 13.7 Å². The van der Waals surface area contributed by atoms with Crippen LogP contribution in [-0.2, 0) is 14.2 Å². The van der Waals surface area contributed by atoms with Crippen molar-refractivity contribution in [3.05, 3.63) is 24.3 Å². The summed E-state index contributed by atoms with van der Waals surface area (Å²) in [6, 6.07) is -0.0495. The minimum atomic E-state index is -0.302. The van der Waals surface area contributed by atoms with Crippen LogP contribution in [0.1, 0.15) is 6.92 Å². The first kappa shape index (κ1) is 13.7. The fourth-order valence-corrected chi connectivity index (χ4v) is 1.44. The summed E-state index contributed by atoms with van der Waals surface area (Å²) in [6.07, 6.45) is 3.38. The molecule has 1 fully saturated rings. The maximum absolute atomic E-state index is 11.5.